The van der Waals surface area contributed by atoms with Crippen LogP contribution in [0.4, 0.5) is 0 Å². The summed E-state index contributed by atoms with van der Waals surface area (Å²) < 4.78 is 7.00. The van der Waals surface area contributed by atoms with E-state index in [9.17, 15) is 0 Å². The number of hydrogen-bond donors (Lipinski definition) is 0. The fourth-order valence-electron chi connectivity index (χ4n) is 7.90. The van der Waals surface area contributed by atoms with Crippen LogP contribution in [-0.2, 0) is 0 Å². The molecule has 5 aromatic heterocycles. The lowest BCUT2D eigenvalue weighted by atomic mass is 10.0. The van der Waals surface area contributed by atoms with Crippen molar-refractivity contribution in [2.75, 3.05) is 0 Å². The van der Waals surface area contributed by atoms with E-state index in [2.05, 4.69) is 165 Å². The molecular weight excluding hydrogens is 574 g/mol. The summed E-state index contributed by atoms with van der Waals surface area (Å²) in [7, 11) is 0. The highest BCUT2D eigenvalue weighted by atomic mass is 15.1. The Balaban J connectivity index is 1.33. The van der Waals surface area contributed by atoms with Crippen LogP contribution in [0.15, 0.2) is 152 Å². The number of rotatable bonds is 2. The molecule has 218 valence electrons. The van der Waals surface area contributed by atoms with E-state index in [1.54, 1.807) is 0 Å². The molecular formula is C42H25N5. The molecule has 0 bridgehead atoms. The first kappa shape index (κ1) is 24.8. The van der Waals surface area contributed by atoms with Crippen molar-refractivity contribution in [3.8, 4) is 11.6 Å². The maximum atomic E-state index is 5.46. The lowest BCUT2D eigenvalue weighted by Crippen LogP contribution is -2.04. The van der Waals surface area contributed by atoms with Gasteiger partial charge in [0.2, 0.25) is 0 Å². The Morgan fingerprint density at radius 1 is 0.319 bits per heavy atom. The minimum absolute atomic E-state index is 0.869. The van der Waals surface area contributed by atoms with Crippen LogP contribution in [-0.4, -0.2) is 23.5 Å². The highest BCUT2D eigenvalue weighted by Crippen LogP contribution is 2.41. The van der Waals surface area contributed by atoms with Gasteiger partial charge in [0.15, 0.2) is 0 Å². The Morgan fingerprint density at radius 2 is 0.809 bits per heavy atom. The van der Waals surface area contributed by atoms with Crippen LogP contribution in [0.2, 0.25) is 0 Å². The number of nitrogens with zero attached hydrogens (tertiary/aromatic N) is 5. The van der Waals surface area contributed by atoms with Crippen molar-refractivity contribution >= 4 is 82.0 Å². The summed E-state index contributed by atoms with van der Waals surface area (Å²) in [6.45, 7) is 0. The van der Waals surface area contributed by atoms with Gasteiger partial charge in [-0.3, -0.25) is 13.5 Å². The lowest BCUT2D eigenvalue weighted by molar-refractivity contribution is 1.01. The topological polar surface area (TPSA) is 40.0 Å². The Hall–Kier alpha value is -6.46. The highest BCUT2D eigenvalue weighted by molar-refractivity contribution is 6.24. The fraction of sp³-hybridized carbons (Fsp3) is 0. The number of benzene rings is 6. The lowest BCUT2D eigenvalue weighted by Gasteiger charge is -2.14. The van der Waals surface area contributed by atoms with Gasteiger partial charge in [-0.25, -0.2) is 9.97 Å². The van der Waals surface area contributed by atoms with Gasteiger partial charge in [-0.1, -0.05) is 109 Å². The standard InChI is InChI=1S/C42H25N5/c1-2-16-32-26(12-1)30-24-25-31-29-15-5-9-20-36(29)46(40(31)41(30)47-37-21-10-6-17-33(37)43-42(32)47)39-23-11-22-38(44-39)45-34-18-7-3-13-27(34)28-14-4-8-19-35(28)45/h1-25H. The molecule has 0 unspecified atom stereocenters. The summed E-state index contributed by atoms with van der Waals surface area (Å²) in [5.41, 5.74) is 8.69. The Kier molecular flexibility index (Phi) is 4.78. The van der Waals surface area contributed by atoms with E-state index in [0.29, 0.717) is 0 Å². The third-order valence-corrected chi connectivity index (χ3v) is 9.81. The van der Waals surface area contributed by atoms with E-state index < -0.39 is 0 Å². The second kappa shape index (κ2) is 9.05. The van der Waals surface area contributed by atoms with Crippen molar-refractivity contribution in [1.29, 1.82) is 0 Å². The van der Waals surface area contributed by atoms with Gasteiger partial charge >= 0.3 is 0 Å². The molecule has 11 aromatic rings. The van der Waals surface area contributed by atoms with Crippen molar-refractivity contribution in [3.63, 3.8) is 0 Å². The van der Waals surface area contributed by atoms with Crippen LogP contribution in [0.3, 0.4) is 0 Å². The zero-order chi connectivity index (χ0) is 30.6. The first-order chi connectivity index (χ1) is 23.3. The molecule has 11 rings (SSSR count). The molecule has 0 atom stereocenters. The van der Waals surface area contributed by atoms with E-state index in [-0.39, 0.29) is 0 Å². The molecule has 0 aliphatic rings. The van der Waals surface area contributed by atoms with Gasteiger partial charge in [0, 0.05) is 32.3 Å². The number of pyridine rings is 2. The Bertz CT molecular complexity index is 3030. The smallest absolute Gasteiger partial charge is 0.146 e. The number of fused-ring (bicyclic) bond motifs is 15. The quantitative estimate of drug-likeness (QED) is 0.186. The molecule has 0 aliphatic heterocycles. The minimum Gasteiger partial charge on any atom is -0.294 e. The van der Waals surface area contributed by atoms with E-state index in [1.165, 1.54) is 32.3 Å². The fourth-order valence-corrected chi connectivity index (χ4v) is 7.90. The van der Waals surface area contributed by atoms with Crippen LogP contribution in [0, 0.1) is 0 Å². The number of para-hydroxylation sites is 5. The highest BCUT2D eigenvalue weighted by Gasteiger charge is 2.22. The van der Waals surface area contributed by atoms with Gasteiger partial charge < -0.3 is 0 Å². The van der Waals surface area contributed by atoms with Gasteiger partial charge in [0.05, 0.1) is 38.6 Å². The number of imidazole rings is 1. The summed E-state index contributed by atoms with van der Waals surface area (Å²) in [5, 5.41) is 8.34. The summed E-state index contributed by atoms with van der Waals surface area (Å²) >= 11 is 0. The minimum atomic E-state index is 0.869. The molecule has 5 heterocycles. The van der Waals surface area contributed by atoms with Gasteiger partial charge in [-0.05, 0) is 47.9 Å². The second-order valence-electron chi connectivity index (χ2n) is 12.2. The predicted molar refractivity (Wildman–Crippen MR) is 194 cm³/mol. The van der Waals surface area contributed by atoms with Gasteiger partial charge in [0.25, 0.3) is 0 Å². The van der Waals surface area contributed by atoms with E-state index >= 15 is 0 Å². The average Bonchev–Trinajstić information content (AvgIpc) is 3.80. The second-order valence-corrected chi connectivity index (χ2v) is 12.2. The molecule has 0 spiro atoms. The van der Waals surface area contributed by atoms with Crippen molar-refractivity contribution in [1.82, 2.24) is 23.5 Å². The van der Waals surface area contributed by atoms with E-state index in [0.717, 1.165) is 61.3 Å². The van der Waals surface area contributed by atoms with E-state index in [1.807, 2.05) is 0 Å². The van der Waals surface area contributed by atoms with Crippen LogP contribution in [0.5, 0.6) is 0 Å². The largest absolute Gasteiger partial charge is 0.294 e. The first-order valence-corrected chi connectivity index (χ1v) is 15.9. The molecule has 0 N–H and O–H groups in total. The van der Waals surface area contributed by atoms with E-state index in [4.69, 9.17) is 9.97 Å². The SMILES string of the molecule is c1cc(-n2c3ccccc3c3ccccc32)nc(-n2c3ccccc3c3ccc4c5ccccc5c5nc6ccccc6n5c4c32)c1. The van der Waals surface area contributed by atoms with Crippen molar-refractivity contribution in [2.24, 2.45) is 0 Å². The predicted octanol–water partition coefficient (Wildman–Crippen LogP) is 10.4. The van der Waals surface area contributed by atoms with Crippen molar-refractivity contribution in [2.45, 2.75) is 0 Å². The zero-order valence-corrected chi connectivity index (χ0v) is 25.2. The molecule has 0 radical (unpaired) electrons. The molecule has 0 aliphatic carbocycles. The molecule has 0 fully saturated rings. The molecule has 5 heteroatoms. The zero-order valence-electron chi connectivity index (χ0n) is 25.2. The van der Waals surface area contributed by atoms with Gasteiger partial charge in [-0.2, -0.15) is 0 Å². The van der Waals surface area contributed by atoms with Crippen LogP contribution in [0.1, 0.15) is 0 Å². The molecule has 5 nitrogen and oxygen atoms in total. The normalized spacial score (nSPS) is 12.3. The summed E-state index contributed by atoms with van der Waals surface area (Å²) in [6.07, 6.45) is 0. The number of aromatic nitrogens is 5. The van der Waals surface area contributed by atoms with Crippen molar-refractivity contribution in [3.05, 3.63) is 152 Å². The maximum absolute atomic E-state index is 5.46. The molecule has 6 aromatic carbocycles. The maximum Gasteiger partial charge on any atom is 0.146 e. The Labute approximate surface area is 268 Å². The van der Waals surface area contributed by atoms with Crippen molar-refractivity contribution < 1.29 is 0 Å². The molecule has 0 saturated carbocycles. The first-order valence-electron chi connectivity index (χ1n) is 15.9. The molecule has 0 amide bonds. The van der Waals surface area contributed by atoms with Crippen LogP contribution < -0.4 is 0 Å². The molecule has 47 heavy (non-hydrogen) atoms. The Morgan fingerprint density at radius 3 is 1.49 bits per heavy atom. The number of hydrogen-bond acceptors (Lipinski definition) is 2. The third-order valence-electron chi connectivity index (χ3n) is 9.81. The summed E-state index contributed by atoms with van der Waals surface area (Å²) in [5.74, 6) is 1.75. The van der Waals surface area contributed by atoms with Crippen LogP contribution >= 0.6 is 0 Å². The van der Waals surface area contributed by atoms with Gasteiger partial charge in [-0.15, -0.1) is 0 Å². The van der Waals surface area contributed by atoms with Gasteiger partial charge in [0.1, 0.15) is 17.3 Å². The average molecular weight is 600 g/mol. The third kappa shape index (κ3) is 3.22. The molecule has 0 saturated heterocycles. The summed E-state index contributed by atoms with van der Waals surface area (Å²) in [4.78, 5) is 10.7. The monoisotopic (exact) mass is 599 g/mol. The summed E-state index contributed by atoms with van der Waals surface area (Å²) in [6, 6.07) is 53.9. The van der Waals surface area contributed by atoms with Crippen LogP contribution in [0.25, 0.3) is 93.6 Å².